The molecule has 172 valence electrons. The second-order valence-corrected chi connectivity index (χ2v) is 9.79. The Kier molecular flexibility index (Phi) is 9.58. The number of nitrogens with one attached hydrogen (secondary N) is 1. The van der Waals surface area contributed by atoms with Crippen LogP contribution in [0.15, 0.2) is 83.3 Å². The van der Waals surface area contributed by atoms with Gasteiger partial charge in [-0.1, -0.05) is 82.7 Å². The summed E-state index contributed by atoms with van der Waals surface area (Å²) in [5, 5.41) is 2.76. The highest BCUT2D eigenvalue weighted by Crippen LogP contribution is 2.20. The first kappa shape index (κ1) is 25.1. The molecule has 0 saturated heterocycles. The van der Waals surface area contributed by atoms with Gasteiger partial charge >= 0.3 is 0 Å². The number of carbonyl (C=O) groups excluding carboxylic acids is 2. The Labute approximate surface area is 208 Å². The maximum absolute atomic E-state index is 13.5. The lowest BCUT2D eigenvalue weighted by Gasteiger charge is -2.31. The first-order valence-corrected chi connectivity index (χ1v) is 12.8. The van der Waals surface area contributed by atoms with Gasteiger partial charge in [0.25, 0.3) is 0 Å². The fourth-order valence-corrected chi connectivity index (χ4v) is 4.75. The summed E-state index contributed by atoms with van der Waals surface area (Å²) in [5.74, 6) is 0.855. The molecule has 4 nitrogen and oxygen atoms in total. The van der Waals surface area contributed by atoms with Crippen molar-refractivity contribution < 1.29 is 9.59 Å². The van der Waals surface area contributed by atoms with E-state index in [2.05, 4.69) is 33.4 Å². The predicted octanol–water partition coefficient (Wildman–Crippen LogP) is 5.38. The molecule has 0 aromatic heterocycles. The number of hydrogen-bond acceptors (Lipinski definition) is 3. The summed E-state index contributed by atoms with van der Waals surface area (Å²) in [6, 6.07) is 25.4. The van der Waals surface area contributed by atoms with E-state index >= 15 is 0 Å². The molecule has 3 aromatic rings. The van der Waals surface area contributed by atoms with Gasteiger partial charge in [-0.05, 0) is 41.3 Å². The minimum atomic E-state index is -0.585. The van der Waals surface area contributed by atoms with E-state index in [-0.39, 0.29) is 11.8 Å². The first-order chi connectivity index (χ1) is 16.0. The monoisotopic (exact) mass is 524 g/mol. The zero-order chi connectivity index (χ0) is 23.6. The predicted molar refractivity (Wildman–Crippen MR) is 140 cm³/mol. The summed E-state index contributed by atoms with van der Waals surface area (Å²) in [6.07, 6.45) is 0.468. The molecule has 0 heterocycles. The number of halogens is 1. The van der Waals surface area contributed by atoms with Crippen LogP contribution >= 0.6 is 27.7 Å². The maximum Gasteiger partial charge on any atom is 0.242 e. The first-order valence-electron chi connectivity index (χ1n) is 10.9. The van der Waals surface area contributed by atoms with Crippen LogP contribution in [0.25, 0.3) is 0 Å². The van der Waals surface area contributed by atoms with Crippen molar-refractivity contribution in [2.45, 2.75) is 31.7 Å². The number of amides is 2. The van der Waals surface area contributed by atoms with Crippen LogP contribution in [0.2, 0.25) is 0 Å². The van der Waals surface area contributed by atoms with Gasteiger partial charge < -0.3 is 10.2 Å². The minimum Gasteiger partial charge on any atom is -0.357 e. The molecule has 3 rings (SSSR count). The van der Waals surface area contributed by atoms with Gasteiger partial charge in [-0.25, -0.2) is 0 Å². The van der Waals surface area contributed by atoms with E-state index in [1.54, 1.807) is 23.7 Å². The van der Waals surface area contributed by atoms with E-state index in [1.807, 2.05) is 73.7 Å². The third-order valence-corrected chi connectivity index (χ3v) is 7.04. The van der Waals surface area contributed by atoms with Crippen molar-refractivity contribution in [2.75, 3.05) is 12.8 Å². The molecule has 0 saturated carbocycles. The number of benzene rings is 3. The lowest BCUT2D eigenvalue weighted by Crippen LogP contribution is -2.50. The molecule has 1 atom stereocenters. The lowest BCUT2D eigenvalue weighted by atomic mass is 10.0. The summed E-state index contributed by atoms with van der Waals surface area (Å²) in [7, 11) is 1.62. The number of thioether (sulfide) groups is 1. The number of carbonyl (C=O) groups is 2. The smallest absolute Gasteiger partial charge is 0.242 e. The van der Waals surface area contributed by atoms with E-state index in [0.717, 1.165) is 32.5 Å². The van der Waals surface area contributed by atoms with Gasteiger partial charge in [0, 0.05) is 30.2 Å². The summed E-state index contributed by atoms with van der Waals surface area (Å²) < 4.78 is 1.03. The fourth-order valence-electron chi connectivity index (χ4n) is 3.61. The zero-order valence-electron chi connectivity index (χ0n) is 19.0. The molecule has 0 fully saturated rings. The molecule has 2 amide bonds. The van der Waals surface area contributed by atoms with Gasteiger partial charge in [-0.3, -0.25) is 9.59 Å². The molecule has 0 radical (unpaired) electrons. The number of likely N-dealkylation sites (N-methyl/N-ethyl adjacent to an activating group) is 1. The summed E-state index contributed by atoms with van der Waals surface area (Å²) >= 11 is 5.02. The zero-order valence-corrected chi connectivity index (χ0v) is 21.4. The van der Waals surface area contributed by atoms with Crippen LogP contribution in [0.5, 0.6) is 0 Å². The highest BCUT2D eigenvalue weighted by molar-refractivity contribution is 9.10. The average molecular weight is 526 g/mol. The molecule has 0 unspecified atom stereocenters. The molecule has 3 aromatic carbocycles. The van der Waals surface area contributed by atoms with E-state index in [9.17, 15) is 9.59 Å². The number of aryl methyl sites for hydroxylation is 1. The normalized spacial score (nSPS) is 11.6. The third-order valence-electron chi connectivity index (χ3n) is 5.53. The van der Waals surface area contributed by atoms with Crippen LogP contribution in [0.1, 0.15) is 22.3 Å². The standard InChI is InChI=1S/C27H29BrN2O2S/c1-20-8-6-7-11-23(20)17-30(25(27(32)29-2)16-21-9-4-3-5-10-21)26(31)19-33-18-22-12-14-24(28)15-13-22/h3-15,25H,16-19H2,1-2H3,(H,29,32)/t25-/m0/s1. The van der Waals surface area contributed by atoms with Crippen LogP contribution in [0, 0.1) is 6.92 Å². The minimum absolute atomic E-state index is 0.0371. The van der Waals surface area contributed by atoms with E-state index in [1.165, 1.54) is 0 Å². The third kappa shape index (κ3) is 7.47. The van der Waals surface area contributed by atoms with Gasteiger partial charge in [0.05, 0.1) is 5.75 Å². The summed E-state index contributed by atoms with van der Waals surface area (Å²) in [4.78, 5) is 28.2. The molecule has 0 bridgehead atoms. The fraction of sp³-hybridized carbons (Fsp3) is 0.259. The highest BCUT2D eigenvalue weighted by atomic mass is 79.9. The van der Waals surface area contributed by atoms with Crippen LogP contribution in [0.3, 0.4) is 0 Å². The van der Waals surface area contributed by atoms with Crippen molar-refractivity contribution >= 4 is 39.5 Å². The quantitative estimate of drug-likeness (QED) is 0.387. The van der Waals surface area contributed by atoms with Crippen molar-refractivity contribution in [3.05, 3.63) is 106 Å². The molecule has 0 aliphatic heterocycles. The molecule has 0 aliphatic rings. The van der Waals surface area contributed by atoms with Gasteiger partial charge in [-0.2, -0.15) is 0 Å². The van der Waals surface area contributed by atoms with Crippen molar-refractivity contribution in [1.82, 2.24) is 10.2 Å². The summed E-state index contributed by atoms with van der Waals surface area (Å²) in [6.45, 7) is 2.43. The highest BCUT2D eigenvalue weighted by Gasteiger charge is 2.29. The molecular weight excluding hydrogens is 496 g/mol. The Balaban J connectivity index is 1.81. The van der Waals surface area contributed by atoms with E-state index < -0.39 is 6.04 Å². The SMILES string of the molecule is CNC(=O)[C@H](Cc1ccccc1)N(Cc1ccccc1C)C(=O)CSCc1ccc(Br)cc1. The summed E-state index contributed by atoms with van der Waals surface area (Å²) in [5.41, 5.74) is 4.34. The second-order valence-electron chi connectivity index (χ2n) is 7.89. The van der Waals surface area contributed by atoms with Gasteiger partial charge in [0.1, 0.15) is 6.04 Å². The lowest BCUT2D eigenvalue weighted by molar-refractivity contribution is -0.139. The largest absolute Gasteiger partial charge is 0.357 e. The van der Waals surface area contributed by atoms with E-state index in [4.69, 9.17) is 0 Å². The second kappa shape index (κ2) is 12.6. The maximum atomic E-state index is 13.5. The van der Waals surface area contributed by atoms with Crippen molar-refractivity contribution in [2.24, 2.45) is 0 Å². The Morgan fingerprint density at radius 2 is 1.61 bits per heavy atom. The molecule has 0 spiro atoms. The molecular formula is C27H29BrN2O2S. The molecule has 1 N–H and O–H groups in total. The van der Waals surface area contributed by atoms with Crippen LogP contribution < -0.4 is 5.32 Å². The van der Waals surface area contributed by atoms with Gasteiger partial charge in [-0.15, -0.1) is 11.8 Å². The van der Waals surface area contributed by atoms with Crippen LogP contribution in [0.4, 0.5) is 0 Å². The Hall–Kier alpha value is -2.57. The Morgan fingerprint density at radius 1 is 0.939 bits per heavy atom. The Bertz CT molecular complexity index is 1060. The van der Waals surface area contributed by atoms with Crippen LogP contribution in [-0.4, -0.2) is 35.6 Å². The number of rotatable bonds is 10. The number of hydrogen-bond donors (Lipinski definition) is 1. The van der Waals surface area contributed by atoms with Crippen molar-refractivity contribution in [1.29, 1.82) is 0 Å². The van der Waals surface area contributed by atoms with Gasteiger partial charge in [0.2, 0.25) is 11.8 Å². The molecule has 0 aliphatic carbocycles. The number of nitrogens with zero attached hydrogens (tertiary/aromatic N) is 1. The van der Waals surface area contributed by atoms with Crippen LogP contribution in [-0.2, 0) is 28.3 Å². The Morgan fingerprint density at radius 3 is 2.27 bits per heavy atom. The van der Waals surface area contributed by atoms with Crippen molar-refractivity contribution in [3.8, 4) is 0 Å². The topological polar surface area (TPSA) is 49.4 Å². The average Bonchev–Trinajstić information content (AvgIpc) is 2.83. The molecule has 6 heteroatoms. The molecule has 33 heavy (non-hydrogen) atoms. The van der Waals surface area contributed by atoms with Crippen molar-refractivity contribution in [3.63, 3.8) is 0 Å². The van der Waals surface area contributed by atoms with Gasteiger partial charge in [0.15, 0.2) is 0 Å². The van der Waals surface area contributed by atoms with E-state index in [0.29, 0.717) is 18.7 Å².